The predicted octanol–water partition coefficient (Wildman–Crippen LogP) is 1.55. The van der Waals surface area contributed by atoms with E-state index in [-0.39, 0.29) is 24.0 Å². The van der Waals surface area contributed by atoms with Crippen molar-refractivity contribution in [1.82, 2.24) is 15.1 Å². The highest BCUT2D eigenvalue weighted by molar-refractivity contribution is 5.92. The van der Waals surface area contributed by atoms with E-state index < -0.39 is 0 Å². The van der Waals surface area contributed by atoms with E-state index in [1.807, 2.05) is 41.0 Å². The van der Waals surface area contributed by atoms with Crippen molar-refractivity contribution in [3.05, 3.63) is 29.8 Å². The standard InChI is InChI=1S/C18H24N4O3/c1-13(19-12-23)10-17(24)21-8-6-15(7-9-21)22-11-14-4-2-3-5-16(14)20-18(22)25/h2-5,12-13,15H,6-11H2,1H3,(H,19,23)(H,20,25)/t13-/m1/s1. The highest BCUT2D eigenvalue weighted by atomic mass is 16.2. The highest BCUT2D eigenvalue weighted by Crippen LogP contribution is 2.27. The zero-order valence-electron chi connectivity index (χ0n) is 14.4. The van der Waals surface area contributed by atoms with E-state index in [0.717, 1.165) is 24.1 Å². The fraction of sp³-hybridized carbons (Fsp3) is 0.500. The van der Waals surface area contributed by atoms with E-state index in [1.54, 1.807) is 0 Å². The number of benzene rings is 1. The van der Waals surface area contributed by atoms with Gasteiger partial charge in [0.05, 0.1) is 0 Å². The Hall–Kier alpha value is -2.57. The lowest BCUT2D eigenvalue weighted by Crippen LogP contribution is -2.51. The summed E-state index contributed by atoms with van der Waals surface area (Å²) < 4.78 is 0. The summed E-state index contributed by atoms with van der Waals surface area (Å²) in [5, 5.41) is 5.55. The average molecular weight is 344 g/mol. The van der Waals surface area contributed by atoms with Gasteiger partial charge in [0.15, 0.2) is 0 Å². The van der Waals surface area contributed by atoms with Crippen LogP contribution in [0.5, 0.6) is 0 Å². The Labute approximate surface area is 147 Å². The van der Waals surface area contributed by atoms with Crippen LogP contribution >= 0.6 is 0 Å². The number of carbonyl (C=O) groups excluding carboxylic acids is 3. The lowest BCUT2D eigenvalue weighted by atomic mass is 10.0. The summed E-state index contributed by atoms with van der Waals surface area (Å²) in [7, 11) is 0. The van der Waals surface area contributed by atoms with Crippen molar-refractivity contribution in [2.75, 3.05) is 18.4 Å². The molecule has 7 nitrogen and oxygen atoms in total. The molecule has 0 aromatic heterocycles. The zero-order valence-corrected chi connectivity index (χ0v) is 14.4. The smallest absolute Gasteiger partial charge is 0.322 e. The minimum absolute atomic E-state index is 0.0498. The van der Waals surface area contributed by atoms with Gasteiger partial charge in [0.2, 0.25) is 12.3 Å². The molecule has 7 heteroatoms. The third-order valence-electron chi connectivity index (χ3n) is 4.95. The van der Waals surface area contributed by atoms with Crippen molar-refractivity contribution in [3.8, 4) is 0 Å². The van der Waals surface area contributed by atoms with Gasteiger partial charge in [-0.2, -0.15) is 0 Å². The highest BCUT2D eigenvalue weighted by Gasteiger charge is 2.32. The van der Waals surface area contributed by atoms with E-state index in [2.05, 4.69) is 10.6 Å². The Morgan fingerprint density at radius 3 is 2.80 bits per heavy atom. The van der Waals surface area contributed by atoms with Crippen LogP contribution in [0.1, 0.15) is 31.7 Å². The molecule has 4 amide bonds. The van der Waals surface area contributed by atoms with Gasteiger partial charge >= 0.3 is 6.03 Å². The number of nitrogens with one attached hydrogen (secondary N) is 2. The molecule has 0 saturated carbocycles. The Balaban J connectivity index is 1.55. The number of amides is 4. The molecule has 3 rings (SSSR count). The molecule has 25 heavy (non-hydrogen) atoms. The number of rotatable bonds is 5. The molecule has 0 unspecified atom stereocenters. The monoisotopic (exact) mass is 344 g/mol. The topological polar surface area (TPSA) is 81.8 Å². The lowest BCUT2D eigenvalue weighted by molar-refractivity contribution is -0.133. The van der Waals surface area contributed by atoms with Crippen LogP contribution < -0.4 is 10.6 Å². The van der Waals surface area contributed by atoms with Crippen LogP contribution in [0.4, 0.5) is 10.5 Å². The van der Waals surface area contributed by atoms with Crippen molar-refractivity contribution in [1.29, 1.82) is 0 Å². The molecule has 2 N–H and O–H groups in total. The summed E-state index contributed by atoms with van der Waals surface area (Å²) in [5.41, 5.74) is 2.00. The van der Waals surface area contributed by atoms with E-state index in [1.165, 1.54) is 0 Å². The third-order valence-corrected chi connectivity index (χ3v) is 4.95. The number of nitrogens with zero attached hydrogens (tertiary/aromatic N) is 2. The van der Waals surface area contributed by atoms with Crippen LogP contribution in [0, 0.1) is 0 Å². The van der Waals surface area contributed by atoms with Crippen LogP contribution in [0.25, 0.3) is 0 Å². The number of para-hydroxylation sites is 1. The van der Waals surface area contributed by atoms with Gasteiger partial charge in [-0.15, -0.1) is 0 Å². The van der Waals surface area contributed by atoms with Crippen LogP contribution in [0.15, 0.2) is 24.3 Å². The van der Waals surface area contributed by atoms with Crippen molar-refractivity contribution < 1.29 is 14.4 Å². The molecular weight excluding hydrogens is 320 g/mol. The average Bonchev–Trinajstić information content (AvgIpc) is 2.61. The summed E-state index contributed by atoms with van der Waals surface area (Å²) in [5.74, 6) is 0.0498. The molecular formula is C18H24N4O3. The van der Waals surface area contributed by atoms with Gasteiger partial charge in [0, 0.05) is 43.8 Å². The number of hydrogen-bond acceptors (Lipinski definition) is 3. The van der Waals surface area contributed by atoms with Gasteiger partial charge < -0.3 is 20.4 Å². The van der Waals surface area contributed by atoms with Crippen LogP contribution in [-0.2, 0) is 16.1 Å². The second kappa shape index (κ2) is 7.55. The molecule has 1 atom stereocenters. The van der Waals surface area contributed by atoms with Gasteiger partial charge in [0.25, 0.3) is 0 Å². The fourth-order valence-electron chi connectivity index (χ4n) is 3.51. The van der Waals surface area contributed by atoms with E-state index >= 15 is 0 Å². The minimum atomic E-state index is -0.160. The quantitative estimate of drug-likeness (QED) is 0.795. The number of piperidine rings is 1. The normalized spacial score (nSPS) is 19.0. The summed E-state index contributed by atoms with van der Waals surface area (Å²) in [6.45, 7) is 3.71. The van der Waals surface area contributed by atoms with Gasteiger partial charge in [0.1, 0.15) is 0 Å². The van der Waals surface area contributed by atoms with E-state index in [0.29, 0.717) is 32.5 Å². The fourth-order valence-corrected chi connectivity index (χ4v) is 3.51. The van der Waals surface area contributed by atoms with Crippen LogP contribution in [-0.4, -0.2) is 53.3 Å². The van der Waals surface area contributed by atoms with Gasteiger partial charge in [-0.3, -0.25) is 9.59 Å². The number of carbonyl (C=O) groups is 3. The SMILES string of the molecule is C[C@H](CC(=O)N1CCC(N2Cc3ccccc3NC2=O)CC1)NC=O. The Morgan fingerprint density at radius 1 is 1.36 bits per heavy atom. The van der Waals surface area contributed by atoms with Crippen molar-refractivity contribution >= 4 is 24.0 Å². The van der Waals surface area contributed by atoms with Gasteiger partial charge in [-0.1, -0.05) is 18.2 Å². The number of urea groups is 1. The summed E-state index contributed by atoms with van der Waals surface area (Å²) in [6, 6.07) is 7.76. The molecule has 2 aliphatic heterocycles. The first kappa shape index (κ1) is 17.3. The molecule has 1 aromatic carbocycles. The Bertz CT molecular complexity index is 655. The Kier molecular flexibility index (Phi) is 5.21. The molecule has 0 spiro atoms. The summed E-state index contributed by atoms with van der Waals surface area (Å²) in [6.07, 6.45) is 2.48. The van der Waals surface area contributed by atoms with Crippen LogP contribution in [0.3, 0.4) is 0 Å². The Morgan fingerprint density at radius 2 is 2.08 bits per heavy atom. The summed E-state index contributed by atoms with van der Waals surface area (Å²) >= 11 is 0. The second-order valence-electron chi connectivity index (χ2n) is 6.72. The first-order valence-corrected chi connectivity index (χ1v) is 8.71. The molecule has 0 bridgehead atoms. The molecule has 2 aliphatic rings. The molecule has 0 aliphatic carbocycles. The van der Waals surface area contributed by atoms with Gasteiger partial charge in [-0.05, 0) is 31.4 Å². The van der Waals surface area contributed by atoms with Crippen LogP contribution in [0.2, 0.25) is 0 Å². The predicted molar refractivity (Wildman–Crippen MR) is 93.9 cm³/mol. The van der Waals surface area contributed by atoms with Crippen molar-refractivity contribution in [2.24, 2.45) is 0 Å². The van der Waals surface area contributed by atoms with Crippen molar-refractivity contribution in [3.63, 3.8) is 0 Å². The third kappa shape index (κ3) is 3.92. The number of hydrogen-bond donors (Lipinski definition) is 2. The van der Waals surface area contributed by atoms with Crippen molar-refractivity contribution in [2.45, 2.75) is 44.8 Å². The molecule has 1 saturated heterocycles. The molecule has 1 fully saturated rings. The van der Waals surface area contributed by atoms with Gasteiger partial charge in [-0.25, -0.2) is 4.79 Å². The lowest BCUT2D eigenvalue weighted by Gasteiger charge is -2.40. The summed E-state index contributed by atoms with van der Waals surface area (Å²) in [4.78, 5) is 38.8. The second-order valence-corrected chi connectivity index (χ2v) is 6.72. The first-order chi connectivity index (χ1) is 12.1. The molecule has 134 valence electrons. The maximum atomic E-state index is 12.4. The molecule has 0 radical (unpaired) electrons. The number of anilines is 1. The maximum Gasteiger partial charge on any atom is 0.322 e. The number of fused-ring (bicyclic) bond motifs is 1. The number of likely N-dealkylation sites (tertiary alicyclic amines) is 1. The molecule has 2 heterocycles. The minimum Gasteiger partial charge on any atom is -0.356 e. The zero-order chi connectivity index (χ0) is 17.8. The molecule has 1 aromatic rings. The largest absolute Gasteiger partial charge is 0.356 e. The van der Waals surface area contributed by atoms with E-state index in [4.69, 9.17) is 0 Å². The van der Waals surface area contributed by atoms with E-state index in [9.17, 15) is 14.4 Å². The maximum absolute atomic E-state index is 12.4. The first-order valence-electron chi connectivity index (χ1n) is 8.71.